The molecular formula is C14H18N2O2. The summed E-state index contributed by atoms with van der Waals surface area (Å²) in [5, 5.41) is 2.60. The van der Waals surface area contributed by atoms with Gasteiger partial charge in [-0.15, -0.1) is 0 Å². The Morgan fingerprint density at radius 1 is 1.28 bits per heavy atom. The van der Waals surface area contributed by atoms with E-state index < -0.39 is 0 Å². The van der Waals surface area contributed by atoms with E-state index in [9.17, 15) is 9.59 Å². The van der Waals surface area contributed by atoms with Crippen LogP contribution in [0.2, 0.25) is 0 Å². The van der Waals surface area contributed by atoms with E-state index in [1.165, 1.54) is 11.1 Å². The Hall–Kier alpha value is -1.84. The summed E-state index contributed by atoms with van der Waals surface area (Å²) < 4.78 is 0. The summed E-state index contributed by atoms with van der Waals surface area (Å²) in [6.07, 6.45) is 1.24. The van der Waals surface area contributed by atoms with Gasteiger partial charge in [-0.1, -0.05) is 24.3 Å². The van der Waals surface area contributed by atoms with Crippen molar-refractivity contribution in [3.05, 3.63) is 35.4 Å². The number of hydrogen-bond acceptors (Lipinski definition) is 2. The van der Waals surface area contributed by atoms with Crippen molar-refractivity contribution in [2.45, 2.75) is 19.8 Å². The molecule has 18 heavy (non-hydrogen) atoms. The molecule has 1 heterocycles. The molecule has 0 aliphatic carbocycles. The van der Waals surface area contributed by atoms with Crippen LogP contribution in [-0.2, 0) is 16.0 Å². The van der Waals surface area contributed by atoms with Gasteiger partial charge in [0, 0.05) is 19.5 Å². The molecule has 0 radical (unpaired) electrons. The highest BCUT2D eigenvalue weighted by molar-refractivity contribution is 5.87. The Labute approximate surface area is 107 Å². The second kappa shape index (κ2) is 5.67. The van der Waals surface area contributed by atoms with Crippen molar-refractivity contribution >= 4 is 11.8 Å². The first-order chi connectivity index (χ1) is 8.66. The van der Waals surface area contributed by atoms with Gasteiger partial charge in [-0.3, -0.25) is 9.59 Å². The summed E-state index contributed by atoms with van der Waals surface area (Å²) in [5.74, 6) is -0.0313. The molecule has 0 atom stereocenters. The zero-order valence-corrected chi connectivity index (χ0v) is 10.6. The molecule has 0 saturated carbocycles. The van der Waals surface area contributed by atoms with Gasteiger partial charge in [0.15, 0.2) is 0 Å². The minimum Gasteiger partial charge on any atom is -0.347 e. The summed E-state index contributed by atoms with van der Waals surface area (Å²) in [6, 6.07) is 8.18. The van der Waals surface area contributed by atoms with Crippen molar-refractivity contribution in [2.75, 3.05) is 19.6 Å². The molecular weight excluding hydrogens is 228 g/mol. The molecule has 0 unspecified atom stereocenters. The molecule has 2 amide bonds. The van der Waals surface area contributed by atoms with E-state index in [1.807, 2.05) is 12.1 Å². The highest BCUT2D eigenvalue weighted by Gasteiger charge is 2.19. The van der Waals surface area contributed by atoms with Crippen LogP contribution >= 0.6 is 0 Å². The molecule has 0 spiro atoms. The summed E-state index contributed by atoms with van der Waals surface area (Å²) >= 11 is 0. The van der Waals surface area contributed by atoms with Gasteiger partial charge in [0.05, 0.1) is 6.54 Å². The van der Waals surface area contributed by atoms with Gasteiger partial charge >= 0.3 is 0 Å². The minimum atomic E-state index is -0.0401. The number of nitrogens with zero attached hydrogens (tertiary/aromatic N) is 1. The second-order valence-corrected chi connectivity index (χ2v) is 4.58. The zero-order valence-electron chi connectivity index (χ0n) is 10.6. The topological polar surface area (TPSA) is 49.4 Å². The Kier molecular flexibility index (Phi) is 3.97. The van der Waals surface area contributed by atoms with Crippen LogP contribution in [0.15, 0.2) is 24.3 Å². The predicted molar refractivity (Wildman–Crippen MR) is 69.1 cm³/mol. The van der Waals surface area contributed by atoms with Crippen molar-refractivity contribution < 1.29 is 9.59 Å². The maximum Gasteiger partial charge on any atom is 0.241 e. The third kappa shape index (κ3) is 3.09. The average molecular weight is 246 g/mol. The van der Waals surface area contributed by atoms with E-state index in [0.717, 1.165) is 6.42 Å². The molecule has 4 nitrogen and oxygen atoms in total. The number of carbonyl (C=O) groups is 2. The Balaban J connectivity index is 1.95. The van der Waals surface area contributed by atoms with Gasteiger partial charge in [0.25, 0.3) is 0 Å². The fourth-order valence-electron chi connectivity index (χ4n) is 2.12. The summed E-state index contributed by atoms with van der Waals surface area (Å²) in [6.45, 7) is 3.41. The van der Waals surface area contributed by atoms with Crippen molar-refractivity contribution in [3.8, 4) is 0 Å². The van der Waals surface area contributed by atoms with Crippen LogP contribution in [0.5, 0.6) is 0 Å². The number of hydrogen-bond donors (Lipinski definition) is 1. The van der Waals surface area contributed by atoms with Crippen molar-refractivity contribution in [1.82, 2.24) is 10.2 Å². The van der Waals surface area contributed by atoms with E-state index in [4.69, 9.17) is 0 Å². The third-order valence-corrected chi connectivity index (χ3v) is 3.31. The smallest absolute Gasteiger partial charge is 0.241 e. The third-order valence-electron chi connectivity index (χ3n) is 3.31. The van der Waals surface area contributed by atoms with Crippen molar-refractivity contribution in [3.63, 3.8) is 0 Å². The molecule has 0 bridgehead atoms. The van der Waals surface area contributed by atoms with Crippen LogP contribution in [-0.4, -0.2) is 36.3 Å². The van der Waals surface area contributed by atoms with E-state index >= 15 is 0 Å². The van der Waals surface area contributed by atoms with Crippen LogP contribution in [0.25, 0.3) is 0 Å². The normalized spacial score (nSPS) is 16.4. The van der Waals surface area contributed by atoms with E-state index in [2.05, 4.69) is 24.4 Å². The standard InChI is InChI=1S/C14H18N2O2/c1-11-4-2-3-5-12(11)6-8-16-9-7-13(17)15-10-14(16)18/h2-5H,6-10H2,1H3,(H,15,17). The molecule has 1 fully saturated rings. The highest BCUT2D eigenvalue weighted by atomic mass is 16.2. The van der Waals surface area contributed by atoms with Crippen LogP contribution in [0.3, 0.4) is 0 Å². The number of nitrogens with one attached hydrogen (secondary N) is 1. The van der Waals surface area contributed by atoms with Crippen LogP contribution < -0.4 is 5.32 Å². The fraction of sp³-hybridized carbons (Fsp3) is 0.429. The summed E-state index contributed by atoms with van der Waals surface area (Å²) in [5.41, 5.74) is 2.50. The monoisotopic (exact) mass is 246 g/mol. The molecule has 0 aromatic heterocycles. The number of rotatable bonds is 3. The molecule has 1 aromatic rings. The lowest BCUT2D eigenvalue weighted by Crippen LogP contribution is -2.36. The van der Waals surface area contributed by atoms with Crippen LogP contribution in [0, 0.1) is 6.92 Å². The molecule has 2 rings (SSSR count). The Morgan fingerprint density at radius 2 is 2.06 bits per heavy atom. The molecule has 1 aliphatic heterocycles. The molecule has 1 aromatic carbocycles. The first-order valence-corrected chi connectivity index (χ1v) is 6.26. The largest absolute Gasteiger partial charge is 0.347 e. The lowest BCUT2D eigenvalue weighted by Gasteiger charge is -2.20. The van der Waals surface area contributed by atoms with Gasteiger partial charge in [-0.2, -0.15) is 0 Å². The van der Waals surface area contributed by atoms with Crippen LogP contribution in [0.1, 0.15) is 17.5 Å². The summed E-state index contributed by atoms with van der Waals surface area (Å²) in [4.78, 5) is 24.8. The maximum atomic E-state index is 11.8. The van der Waals surface area contributed by atoms with Crippen molar-refractivity contribution in [2.24, 2.45) is 0 Å². The quantitative estimate of drug-likeness (QED) is 0.861. The van der Waals surface area contributed by atoms with E-state index in [0.29, 0.717) is 19.5 Å². The lowest BCUT2D eigenvalue weighted by molar-refractivity contribution is -0.130. The van der Waals surface area contributed by atoms with Gasteiger partial charge in [0.2, 0.25) is 11.8 Å². The fourth-order valence-corrected chi connectivity index (χ4v) is 2.12. The molecule has 4 heteroatoms. The van der Waals surface area contributed by atoms with Gasteiger partial charge in [-0.05, 0) is 24.5 Å². The van der Waals surface area contributed by atoms with Crippen molar-refractivity contribution in [1.29, 1.82) is 0 Å². The van der Waals surface area contributed by atoms with E-state index in [1.54, 1.807) is 4.90 Å². The van der Waals surface area contributed by atoms with Gasteiger partial charge < -0.3 is 10.2 Å². The van der Waals surface area contributed by atoms with E-state index in [-0.39, 0.29) is 18.4 Å². The number of benzene rings is 1. The Morgan fingerprint density at radius 3 is 2.83 bits per heavy atom. The second-order valence-electron chi connectivity index (χ2n) is 4.58. The minimum absolute atomic E-state index is 0.00874. The van der Waals surface area contributed by atoms with Gasteiger partial charge in [0.1, 0.15) is 0 Å². The average Bonchev–Trinajstić information content (AvgIpc) is 2.52. The number of carbonyl (C=O) groups excluding carboxylic acids is 2. The van der Waals surface area contributed by atoms with Gasteiger partial charge in [-0.25, -0.2) is 0 Å². The number of amides is 2. The predicted octanol–water partition coefficient (Wildman–Crippen LogP) is 0.886. The molecule has 96 valence electrons. The summed E-state index contributed by atoms with van der Waals surface area (Å²) in [7, 11) is 0. The SMILES string of the molecule is Cc1ccccc1CCN1CCC(=O)NCC1=O. The highest BCUT2D eigenvalue weighted by Crippen LogP contribution is 2.09. The zero-order chi connectivity index (χ0) is 13.0. The Bertz CT molecular complexity index is 457. The van der Waals surface area contributed by atoms with Crippen LogP contribution in [0.4, 0.5) is 0 Å². The first-order valence-electron chi connectivity index (χ1n) is 6.26. The molecule has 1 N–H and O–H groups in total. The maximum absolute atomic E-state index is 11.8. The first kappa shape index (κ1) is 12.6. The number of aryl methyl sites for hydroxylation is 1. The molecule has 1 saturated heterocycles. The molecule has 1 aliphatic rings. The lowest BCUT2D eigenvalue weighted by atomic mass is 10.1.